The highest BCUT2D eigenvalue weighted by Crippen LogP contribution is 2.28. The molecular formula is C29H33N3O3. The third kappa shape index (κ3) is 6.49. The van der Waals surface area contributed by atoms with Gasteiger partial charge in [0.15, 0.2) is 0 Å². The second-order valence-corrected chi connectivity index (χ2v) is 9.16. The lowest BCUT2D eigenvalue weighted by atomic mass is 9.89. The zero-order valence-electron chi connectivity index (χ0n) is 20.0. The first kappa shape index (κ1) is 24.5. The number of unbranched alkanes of at least 4 members (excludes halogenated alkanes) is 1. The van der Waals surface area contributed by atoms with Gasteiger partial charge in [0.05, 0.1) is 0 Å². The van der Waals surface area contributed by atoms with E-state index in [0.29, 0.717) is 23.7 Å². The van der Waals surface area contributed by atoms with Gasteiger partial charge in [-0.15, -0.1) is 0 Å². The van der Waals surface area contributed by atoms with Gasteiger partial charge in [0, 0.05) is 17.8 Å². The fraction of sp³-hybridized carbons (Fsp3) is 0.310. The van der Waals surface area contributed by atoms with Gasteiger partial charge in [-0.3, -0.25) is 9.69 Å². The fourth-order valence-electron chi connectivity index (χ4n) is 4.86. The van der Waals surface area contributed by atoms with Gasteiger partial charge in [-0.25, -0.2) is 4.79 Å². The van der Waals surface area contributed by atoms with Gasteiger partial charge in [-0.05, 0) is 92.2 Å². The summed E-state index contributed by atoms with van der Waals surface area (Å²) in [4.78, 5) is 27.4. The Bertz CT molecular complexity index is 1140. The normalized spacial score (nSPS) is 14.5. The Morgan fingerprint density at radius 3 is 2.26 bits per heavy atom. The Labute approximate surface area is 207 Å². The zero-order chi connectivity index (χ0) is 24.6. The Morgan fingerprint density at radius 2 is 1.57 bits per heavy atom. The van der Waals surface area contributed by atoms with Crippen LogP contribution in [0.3, 0.4) is 0 Å². The minimum atomic E-state index is -0.961. The van der Waals surface area contributed by atoms with Gasteiger partial charge in [0.1, 0.15) is 0 Å². The molecule has 1 saturated heterocycles. The predicted molar refractivity (Wildman–Crippen MR) is 140 cm³/mol. The Morgan fingerprint density at radius 1 is 0.886 bits per heavy atom. The molecule has 0 radical (unpaired) electrons. The second-order valence-electron chi connectivity index (χ2n) is 9.16. The number of benzene rings is 3. The monoisotopic (exact) mass is 471 g/mol. The molecule has 1 heterocycles. The topological polar surface area (TPSA) is 86.9 Å². The molecule has 4 rings (SSSR count). The number of nitrogens with zero attached hydrogens (tertiary/aromatic N) is 2. The maximum absolute atomic E-state index is 12.0. The van der Waals surface area contributed by atoms with Crippen LogP contribution in [0, 0.1) is 0 Å². The van der Waals surface area contributed by atoms with Crippen LogP contribution < -0.4 is 10.6 Å². The number of carbonyl (C=O) groups is 2. The molecule has 0 spiro atoms. The molecule has 3 aromatic carbocycles. The summed E-state index contributed by atoms with van der Waals surface area (Å²) < 4.78 is 0. The number of nitrogens with two attached hydrogens (primary N) is 1. The van der Waals surface area contributed by atoms with E-state index in [4.69, 9.17) is 5.73 Å². The van der Waals surface area contributed by atoms with Crippen molar-refractivity contribution in [2.24, 2.45) is 5.73 Å². The van der Waals surface area contributed by atoms with Gasteiger partial charge in [-0.1, -0.05) is 54.6 Å². The van der Waals surface area contributed by atoms with Gasteiger partial charge < -0.3 is 15.7 Å². The summed E-state index contributed by atoms with van der Waals surface area (Å²) in [6, 6.07) is 25.2. The van der Waals surface area contributed by atoms with E-state index in [0.717, 1.165) is 43.6 Å². The molecule has 1 aliphatic heterocycles. The number of primary amides is 1. The molecule has 0 aliphatic carbocycles. The highest BCUT2D eigenvalue weighted by Gasteiger charge is 2.20. The average Bonchev–Trinajstić information content (AvgIpc) is 2.89. The summed E-state index contributed by atoms with van der Waals surface area (Å²) in [6.45, 7) is 3.62. The van der Waals surface area contributed by atoms with E-state index in [9.17, 15) is 14.7 Å². The number of carboxylic acid groups (broad SMARTS) is 1. The van der Waals surface area contributed by atoms with Crippen LogP contribution in [0.15, 0.2) is 78.9 Å². The molecule has 182 valence electrons. The van der Waals surface area contributed by atoms with Gasteiger partial charge in [0.25, 0.3) is 0 Å². The number of hydrogen-bond donors (Lipinski definition) is 2. The van der Waals surface area contributed by atoms with Crippen LogP contribution in [-0.2, 0) is 0 Å². The average molecular weight is 472 g/mol. The third-order valence-electron chi connectivity index (χ3n) is 6.83. The molecule has 1 aliphatic rings. The summed E-state index contributed by atoms with van der Waals surface area (Å²) in [6.07, 6.45) is 3.15. The molecule has 0 saturated carbocycles. The highest BCUT2D eigenvalue weighted by molar-refractivity contribution is 5.94. The number of carbonyl (C=O) groups excluding carboxylic acids is 1. The first-order valence-corrected chi connectivity index (χ1v) is 12.3. The number of likely N-dealkylation sites (tertiary alicyclic amines) is 1. The van der Waals surface area contributed by atoms with Gasteiger partial charge in [-0.2, -0.15) is 0 Å². The Balaban J connectivity index is 1.30. The van der Waals surface area contributed by atoms with Crippen LogP contribution in [0.1, 0.15) is 47.5 Å². The molecule has 0 bridgehead atoms. The summed E-state index contributed by atoms with van der Waals surface area (Å²) in [5.41, 5.74) is 9.57. The first-order valence-electron chi connectivity index (χ1n) is 12.3. The van der Waals surface area contributed by atoms with Crippen molar-refractivity contribution in [2.75, 3.05) is 31.1 Å². The van der Waals surface area contributed by atoms with Crippen LogP contribution in [0.25, 0.3) is 11.1 Å². The quantitative estimate of drug-likeness (QED) is 0.398. The molecule has 0 atom stereocenters. The van der Waals surface area contributed by atoms with Gasteiger partial charge >= 0.3 is 6.09 Å². The van der Waals surface area contributed by atoms with E-state index in [1.54, 1.807) is 18.2 Å². The fourth-order valence-corrected chi connectivity index (χ4v) is 4.86. The molecule has 1 fully saturated rings. The molecule has 2 amide bonds. The maximum atomic E-state index is 12.0. The SMILES string of the molecule is NC(=O)c1cccc(-c2cccc(N(CCCCN3CCC(c4ccccc4)CC3)C(=O)O)c2)c1. The lowest BCUT2D eigenvalue weighted by Crippen LogP contribution is -2.34. The molecule has 0 unspecified atom stereocenters. The van der Waals surface area contributed by atoms with Crippen LogP contribution in [0.5, 0.6) is 0 Å². The van der Waals surface area contributed by atoms with Gasteiger partial charge in [0.2, 0.25) is 5.91 Å². The van der Waals surface area contributed by atoms with Crippen molar-refractivity contribution in [3.05, 3.63) is 90.0 Å². The predicted octanol–water partition coefficient (Wildman–Crippen LogP) is 5.60. The van der Waals surface area contributed by atoms with Crippen molar-refractivity contribution >= 4 is 17.7 Å². The summed E-state index contributed by atoms with van der Waals surface area (Å²) in [7, 11) is 0. The minimum absolute atomic E-state index is 0.427. The number of amides is 2. The van der Waals surface area contributed by atoms with E-state index in [1.807, 2.05) is 30.3 Å². The van der Waals surface area contributed by atoms with E-state index in [1.165, 1.54) is 23.3 Å². The number of hydrogen-bond acceptors (Lipinski definition) is 3. The van der Waals surface area contributed by atoms with E-state index < -0.39 is 12.0 Å². The molecule has 3 aromatic rings. The Hall–Kier alpha value is -3.64. The van der Waals surface area contributed by atoms with Crippen molar-refractivity contribution in [2.45, 2.75) is 31.6 Å². The molecule has 6 nitrogen and oxygen atoms in total. The summed E-state index contributed by atoms with van der Waals surface area (Å²) in [5.74, 6) is 0.158. The maximum Gasteiger partial charge on any atom is 0.411 e. The van der Waals surface area contributed by atoms with E-state index >= 15 is 0 Å². The number of anilines is 1. The highest BCUT2D eigenvalue weighted by atomic mass is 16.4. The minimum Gasteiger partial charge on any atom is -0.465 e. The molecule has 35 heavy (non-hydrogen) atoms. The van der Waals surface area contributed by atoms with Crippen molar-refractivity contribution in [1.82, 2.24) is 4.90 Å². The van der Waals surface area contributed by atoms with Crippen LogP contribution >= 0.6 is 0 Å². The third-order valence-corrected chi connectivity index (χ3v) is 6.83. The van der Waals surface area contributed by atoms with Crippen molar-refractivity contribution < 1.29 is 14.7 Å². The smallest absolute Gasteiger partial charge is 0.411 e. The summed E-state index contributed by atoms with van der Waals surface area (Å²) in [5, 5.41) is 9.84. The lowest BCUT2D eigenvalue weighted by Gasteiger charge is -2.32. The molecule has 3 N–H and O–H groups in total. The van der Waals surface area contributed by atoms with Crippen molar-refractivity contribution in [3.63, 3.8) is 0 Å². The van der Waals surface area contributed by atoms with E-state index in [-0.39, 0.29) is 0 Å². The lowest BCUT2D eigenvalue weighted by molar-refractivity contribution is 0.1000. The molecule has 0 aromatic heterocycles. The van der Waals surface area contributed by atoms with Crippen LogP contribution in [0.4, 0.5) is 10.5 Å². The van der Waals surface area contributed by atoms with Crippen molar-refractivity contribution in [1.29, 1.82) is 0 Å². The molecule has 6 heteroatoms. The summed E-state index contributed by atoms with van der Waals surface area (Å²) >= 11 is 0. The van der Waals surface area contributed by atoms with Crippen LogP contribution in [-0.4, -0.2) is 48.2 Å². The van der Waals surface area contributed by atoms with Crippen molar-refractivity contribution in [3.8, 4) is 11.1 Å². The molecular weight excluding hydrogens is 438 g/mol. The zero-order valence-corrected chi connectivity index (χ0v) is 20.0. The van der Waals surface area contributed by atoms with Crippen LogP contribution in [0.2, 0.25) is 0 Å². The number of piperidine rings is 1. The standard InChI is InChI=1S/C29H33N3O3/c30-28(33)26-12-6-10-24(20-26)25-11-7-13-27(21-25)32(29(34)35)17-5-4-16-31-18-14-23(15-19-31)22-8-2-1-3-9-22/h1-3,6-13,20-21,23H,4-5,14-19H2,(H2,30,33)(H,34,35). The van der Waals surface area contributed by atoms with E-state index in [2.05, 4.69) is 35.2 Å². The number of rotatable bonds is 9. The largest absolute Gasteiger partial charge is 0.465 e. The Kier molecular flexibility index (Phi) is 8.16. The first-order chi connectivity index (χ1) is 17.0. The second kappa shape index (κ2) is 11.7.